The highest BCUT2D eigenvalue weighted by Crippen LogP contribution is 2.54. The van der Waals surface area contributed by atoms with Crippen LogP contribution < -0.4 is 5.32 Å². The number of hydrogen-bond acceptors (Lipinski definition) is 1. The van der Waals surface area contributed by atoms with E-state index in [0.29, 0.717) is 16.2 Å². The molecule has 92 valence electrons. The summed E-state index contributed by atoms with van der Waals surface area (Å²) in [7, 11) is 0. The van der Waals surface area contributed by atoms with Crippen LogP contribution >= 0.6 is 0 Å². The summed E-state index contributed by atoms with van der Waals surface area (Å²) in [6.45, 7) is 16.7. The Morgan fingerprint density at radius 3 is 1.38 bits per heavy atom. The lowest BCUT2D eigenvalue weighted by molar-refractivity contribution is 0.172. The van der Waals surface area contributed by atoms with Gasteiger partial charge in [-0.2, -0.15) is 0 Å². The molecule has 1 saturated heterocycles. The molecule has 1 nitrogen and oxygen atoms in total. The Kier molecular flexibility index (Phi) is 2.55. The topological polar surface area (TPSA) is 12.0 Å². The maximum atomic E-state index is 3.46. The van der Waals surface area contributed by atoms with Crippen molar-refractivity contribution in [2.45, 2.75) is 54.4 Å². The minimum absolute atomic E-state index is 0.349. The molecule has 0 aromatic carbocycles. The highest BCUT2D eigenvalue weighted by molar-refractivity contribution is 5.34. The van der Waals surface area contributed by atoms with Gasteiger partial charge in [-0.05, 0) is 23.7 Å². The van der Waals surface area contributed by atoms with Crippen molar-refractivity contribution in [2.24, 2.45) is 16.2 Å². The average Bonchev–Trinajstić information content (AvgIpc) is 2.39. The van der Waals surface area contributed by atoms with E-state index in [4.69, 9.17) is 0 Å². The van der Waals surface area contributed by atoms with E-state index in [1.54, 1.807) is 11.1 Å². The minimum atomic E-state index is 0.349. The van der Waals surface area contributed by atoms with Gasteiger partial charge < -0.3 is 5.32 Å². The summed E-state index contributed by atoms with van der Waals surface area (Å²) in [6, 6.07) is 0. The SMILES string of the molecule is CC(C)(C)C1=C(C(C)(C)C)CC2(CNC2)C1. The molecule has 0 atom stereocenters. The molecule has 0 aromatic heterocycles. The predicted octanol–water partition coefficient (Wildman–Crippen LogP) is 3.76. The van der Waals surface area contributed by atoms with Crippen LogP contribution in [0.3, 0.4) is 0 Å². The Bertz CT molecular complexity index is 290. The van der Waals surface area contributed by atoms with Gasteiger partial charge in [0, 0.05) is 18.5 Å². The first-order valence-corrected chi connectivity index (χ1v) is 6.58. The fraction of sp³-hybridized carbons (Fsp3) is 0.867. The van der Waals surface area contributed by atoms with Crippen molar-refractivity contribution in [1.82, 2.24) is 5.32 Å². The molecule has 1 heterocycles. The smallest absolute Gasteiger partial charge is 0.00273 e. The molecule has 1 heteroatoms. The Morgan fingerprint density at radius 2 is 1.19 bits per heavy atom. The van der Waals surface area contributed by atoms with Gasteiger partial charge in [0.25, 0.3) is 0 Å². The van der Waals surface area contributed by atoms with E-state index in [1.807, 2.05) is 0 Å². The van der Waals surface area contributed by atoms with Crippen molar-refractivity contribution in [3.63, 3.8) is 0 Å². The van der Waals surface area contributed by atoms with Crippen LogP contribution in [0.25, 0.3) is 0 Å². The maximum Gasteiger partial charge on any atom is 0.00273 e. The molecular formula is C15H27N. The first kappa shape index (κ1) is 12.2. The summed E-state index contributed by atoms with van der Waals surface area (Å²) in [4.78, 5) is 0. The van der Waals surface area contributed by atoms with Gasteiger partial charge in [0.1, 0.15) is 0 Å². The first-order valence-electron chi connectivity index (χ1n) is 6.58. The van der Waals surface area contributed by atoms with Crippen LogP contribution in [0.15, 0.2) is 11.1 Å². The van der Waals surface area contributed by atoms with Crippen LogP contribution in [0.4, 0.5) is 0 Å². The number of nitrogens with one attached hydrogen (secondary N) is 1. The second kappa shape index (κ2) is 3.35. The second-order valence-corrected chi connectivity index (χ2v) is 7.91. The number of allylic oxidation sites excluding steroid dienone is 2. The lowest BCUT2D eigenvalue weighted by Gasteiger charge is -2.41. The molecule has 0 radical (unpaired) electrons. The van der Waals surface area contributed by atoms with Crippen molar-refractivity contribution in [3.05, 3.63) is 11.1 Å². The van der Waals surface area contributed by atoms with Gasteiger partial charge in [0.15, 0.2) is 0 Å². The summed E-state index contributed by atoms with van der Waals surface area (Å²) >= 11 is 0. The molecule has 0 bridgehead atoms. The van der Waals surface area contributed by atoms with Gasteiger partial charge in [-0.15, -0.1) is 0 Å². The third kappa shape index (κ3) is 1.95. The van der Waals surface area contributed by atoms with Gasteiger partial charge in [-0.25, -0.2) is 0 Å². The molecule has 2 aliphatic rings. The van der Waals surface area contributed by atoms with Crippen molar-refractivity contribution in [1.29, 1.82) is 0 Å². The van der Waals surface area contributed by atoms with E-state index in [2.05, 4.69) is 46.9 Å². The van der Waals surface area contributed by atoms with Gasteiger partial charge in [-0.3, -0.25) is 0 Å². The summed E-state index contributed by atoms with van der Waals surface area (Å²) in [5.74, 6) is 0. The molecular weight excluding hydrogens is 194 g/mol. The van der Waals surface area contributed by atoms with Crippen LogP contribution in [0.1, 0.15) is 54.4 Å². The Hall–Kier alpha value is -0.300. The molecule has 0 amide bonds. The van der Waals surface area contributed by atoms with Gasteiger partial charge in [0.05, 0.1) is 0 Å². The lowest BCUT2D eigenvalue weighted by atomic mass is 9.75. The fourth-order valence-corrected chi connectivity index (χ4v) is 3.19. The summed E-state index contributed by atoms with van der Waals surface area (Å²) in [5, 5.41) is 3.46. The Labute approximate surface area is 101 Å². The molecule has 0 saturated carbocycles. The van der Waals surface area contributed by atoms with Crippen LogP contribution in [-0.2, 0) is 0 Å². The molecule has 0 aromatic rings. The molecule has 1 fully saturated rings. The predicted molar refractivity (Wildman–Crippen MR) is 70.5 cm³/mol. The van der Waals surface area contributed by atoms with E-state index in [-0.39, 0.29) is 0 Å². The van der Waals surface area contributed by atoms with Crippen LogP contribution in [0.5, 0.6) is 0 Å². The lowest BCUT2D eigenvalue weighted by Crippen LogP contribution is -2.52. The summed E-state index contributed by atoms with van der Waals surface area (Å²) in [5.41, 5.74) is 4.76. The third-order valence-corrected chi connectivity index (χ3v) is 4.28. The van der Waals surface area contributed by atoms with Crippen LogP contribution in [0, 0.1) is 16.2 Å². The largest absolute Gasteiger partial charge is 0.315 e. The van der Waals surface area contributed by atoms with Gasteiger partial charge in [0.2, 0.25) is 0 Å². The molecule has 16 heavy (non-hydrogen) atoms. The van der Waals surface area contributed by atoms with E-state index in [9.17, 15) is 0 Å². The summed E-state index contributed by atoms with van der Waals surface area (Å²) in [6.07, 6.45) is 2.66. The van der Waals surface area contributed by atoms with Crippen molar-refractivity contribution in [3.8, 4) is 0 Å². The molecule has 0 unspecified atom stereocenters. The molecule has 1 spiro atoms. The monoisotopic (exact) mass is 221 g/mol. The highest BCUT2D eigenvalue weighted by atomic mass is 15.0. The van der Waals surface area contributed by atoms with Gasteiger partial charge in [-0.1, -0.05) is 52.7 Å². The van der Waals surface area contributed by atoms with Crippen LogP contribution in [0.2, 0.25) is 0 Å². The van der Waals surface area contributed by atoms with Gasteiger partial charge >= 0.3 is 0 Å². The molecule has 1 N–H and O–H groups in total. The van der Waals surface area contributed by atoms with Crippen LogP contribution in [-0.4, -0.2) is 13.1 Å². The third-order valence-electron chi connectivity index (χ3n) is 4.28. The van der Waals surface area contributed by atoms with E-state index in [1.165, 1.54) is 25.9 Å². The van der Waals surface area contributed by atoms with Crippen molar-refractivity contribution >= 4 is 0 Å². The quantitative estimate of drug-likeness (QED) is 0.614. The Balaban J connectivity index is 2.34. The first-order chi connectivity index (χ1) is 7.14. The standard InChI is InChI=1S/C15H27N/c1-13(2,3)11-7-15(9-16-10-15)8-12(11)14(4,5)6/h16H,7-10H2,1-6H3. The summed E-state index contributed by atoms with van der Waals surface area (Å²) < 4.78 is 0. The number of hydrogen-bond donors (Lipinski definition) is 1. The highest BCUT2D eigenvalue weighted by Gasteiger charge is 2.47. The zero-order chi connectivity index (χ0) is 12.2. The minimum Gasteiger partial charge on any atom is -0.315 e. The average molecular weight is 221 g/mol. The normalized spacial score (nSPS) is 25.1. The Morgan fingerprint density at radius 1 is 0.812 bits per heavy atom. The van der Waals surface area contributed by atoms with Crippen molar-refractivity contribution < 1.29 is 0 Å². The number of rotatable bonds is 0. The second-order valence-electron chi connectivity index (χ2n) is 7.91. The van der Waals surface area contributed by atoms with E-state index >= 15 is 0 Å². The molecule has 1 aliphatic heterocycles. The molecule has 1 aliphatic carbocycles. The van der Waals surface area contributed by atoms with E-state index < -0.39 is 0 Å². The zero-order valence-electron chi connectivity index (χ0n) is 11.8. The fourth-order valence-electron chi connectivity index (χ4n) is 3.19. The zero-order valence-corrected chi connectivity index (χ0v) is 11.8. The molecule has 2 rings (SSSR count). The van der Waals surface area contributed by atoms with E-state index in [0.717, 1.165) is 0 Å². The maximum absolute atomic E-state index is 3.46. The van der Waals surface area contributed by atoms with Crippen molar-refractivity contribution in [2.75, 3.05) is 13.1 Å².